The summed E-state index contributed by atoms with van der Waals surface area (Å²) in [6.45, 7) is 4.15. The molecule has 8 rings (SSSR count). The maximum atomic E-state index is 13.7. The predicted octanol–water partition coefficient (Wildman–Crippen LogP) is 8.99. The van der Waals surface area contributed by atoms with Crippen molar-refractivity contribution in [2.75, 3.05) is 6.79 Å². The number of furan rings is 2. The Hall–Kier alpha value is -5.91. The SMILES string of the molecule is CC(=O)C1CCC(C(=O)OCOC(=O)C2CCC(C(=O)Oc3ccc(OC(=O)C4CCC(C(=O)OC(C)OC(=O)C5CCC(C(C)=O)CC5)CC4)c4nc(-c5cc6occc6o5)sc34)CC2)CC1. The number of Topliss-reactive ketones (excluding diaryl/α,β-unsaturated/α-hetero) is 2. The molecule has 0 radical (unpaired) electrons. The lowest BCUT2D eigenvalue weighted by atomic mass is 9.80. The summed E-state index contributed by atoms with van der Waals surface area (Å²) in [4.78, 5) is 107. The molecule has 0 N–H and O–H groups in total. The van der Waals surface area contributed by atoms with E-state index in [1.807, 2.05) is 0 Å². The number of aromatic nitrogens is 1. The van der Waals surface area contributed by atoms with Gasteiger partial charge in [0.25, 0.3) is 0 Å². The Morgan fingerprint density at radius 1 is 0.559 bits per heavy atom. The van der Waals surface area contributed by atoms with Gasteiger partial charge in [0.15, 0.2) is 33.4 Å². The Kier molecular flexibility index (Phi) is 15.4. The van der Waals surface area contributed by atoms with E-state index in [9.17, 15) is 38.4 Å². The van der Waals surface area contributed by atoms with E-state index in [1.54, 1.807) is 32.0 Å². The van der Waals surface area contributed by atoms with Crippen molar-refractivity contribution in [3.05, 3.63) is 30.5 Å². The van der Waals surface area contributed by atoms with Crippen molar-refractivity contribution in [1.29, 1.82) is 0 Å². The first-order chi connectivity index (χ1) is 32.7. The molecule has 0 bridgehead atoms. The van der Waals surface area contributed by atoms with E-state index in [-0.39, 0.29) is 52.3 Å². The molecule has 4 aliphatic carbocycles. The Morgan fingerprint density at radius 2 is 0.971 bits per heavy atom. The number of esters is 6. The van der Waals surface area contributed by atoms with Crippen molar-refractivity contribution in [2.24, 2.45) is 47.3 Å². The van der Waals surface area contributed by atoms with Gasteiger partial charge in [0, 0.05) is 30.9 Å². The number of carbonyl (C=O) groups is 8. The van der Waals surface area contributed by atoms with Gasteiger partial charge in [-0.1, -0.05) is 0 Å². The zero-order valence-corrected chi connectivity index (χ0v) is 39.3. The molecule has 0 saturated heterocycles. The fourth-order valence-corrected chi connectivity index (χ4v) is 11.0. The number of carbonyl (C=O) groups excluding carboxylic acids is 8. The van der Waals surface area contributed by atoms with E-state index < -0.39 is 72.6 Å². The smallest absolute Gasteiger partial charge is 0.314 e. The first kappa shape index (κ1) is 48.5. The summed E-state index contributed by atoms with van der Waals surface area (Å²) in [6, 6.07) is 6.44. The number of ether oxygens (including phenoxy) is 6. The van der Waals surface area contributed by atoms with Crippen LogP contribution in [0.3, 0.4) is 0 Å². The molecule has 4 aromatic rings. The van der Waals surface area contributed by atoms with Gasteiger partial charge in [0.05, 0.1) is 41.8 Å². The number of hydrogen-bond donors (Lipinski definition) is 0. The molecule has 3 aromatic heterocycles. The van der Waals surface area contributed by atoms with Crippen LogP contribution < -0.4 is 9.47 Å². The van der Waals surface area contributed by atoms with Crippen LogP contribution in [0.4, 0.5) is 0 Å². The van der Waals surface area contributed by atoms with E-state index in [4.69, 9.17) is 42.2 Å². The molecule has 1 unspecified atom stereocenters. The van der Waals surface area contributed by atoms with Crippen LogP contribution in [-0.4, -0.2) is 65.4 Å². The van der Waals surface area contributed by atoms with E-state index >= 15 is 0 Å². The molecule has 0 spiro atoms. The Morgan fingerprint density at radius 3 is 1.43 bits per heavy atom. The van der Waals surface area contributed by atoms with Crippen LogP contribution in [0.15, 0.2) is 39.4 Å². The van der Waals surface area contributed by atoms with Crippen molar-refractivity contribution in [3.8, 4) is 22.3 Å². The van der Waals surface area contributed by atoms with E-state index in [2.05, 4.69) is 0 Å². The highest BCUT2D eigenvalue weighted by atomic mass is 32.1. The van der Waals surface area contributed by atoms with Crippen LogP contribution in [0.25, 0.3) is 32.2 Å². The maximum absolute atomic E-state index is 13.7. The second-order valence-corrected chi connectivity index (χ2v) is 19.8. The molecule has 68 heavy (non-hydrogen) atoms. The predicted molar refractivity (Wildman–Crippen MR) is 240 cm³/mol. The van der Waals surface area contributed by atoms with E-state index in [0.717, 1.165) is 0 Å². The summed E-state index contributed by atoms with van der Waals surface area (Å²) in [7, 11) is 0. The average molecular weight is 960 g/mol. The van der Waals surface area contributed by atoms with Gasteiger partial charge in [-0.25, -0.2) is 4.98 Å². The lowest BCUT2D eigenvalue weighted by Crippen LogP contribution is -2.33. The fraction of sp³-hybridized carbons (Fsp3) is 0.580. The van der Waals surface area contributed by atoms with Gasteiger partial charge in [-0.15, -0.1) is 11.3 Å². The summed E-state index contributed by atoms with van der Waals surface area (Å²) < 4.78 is 45.3. The maximum Gasteiger partial charge on any atom is 0.314 e. The minimum Gasteiger partial charge on any atom is -0.461 e. The lowest BCUT2D eigenvalue weighted by Gasteiger charge is -2.28. The Labute approximate surface area is 396 Å². The zero-order valence-electron chi connectivity index (χ0n) is 38.5. The van der Waals surface area contributed by atoms with Crippen LogP contribution in [0.2, 0.25) is 0 Å². The highest BCUT2D eigenvalue weighted by Crippen LogP contribution is 2.43. The molecule has 4 saturated carbocycles. The van der Waals surface area contributed by atoms with Crippen molar-refractivity contribution >= 4 is 80.1 Å². The molecular formula is C50H57NO16S. The number of fused-ring (bicyclic) bond motifs is 2. The van der Waals surface area contributed by atoms with Crippen LogP contribution in [-0.2, 0) is 57.3 Å². The second-order valence-electron chi connectivity index (χ2n) is 18.8. The van der Waals surface area contributed by atoms with Crippen LogP contribution in [0.1, 0.15) is 124 Å². The minimum atomic E-state index is -1.07. The number of nitrogens with zero attached hydrogens (tertiary/aromatic N) is 1. The average Bonchev–Trinajstić information content (AvgIpc) is 4.09. The standard InChI is InChI=1S/C50H57NO16S/c1-26(52)29-4-8-31(9-5-29)45(54)61-25-62-46(55)32-12-14-36(15-13-32)50(59)67-39-21-20-38(42-43(39)68-44(51-42)41-24-40-37(65-41)22-23-60-40)66-49(58)35-18-16-34(17-19-35)48(57)64-28(3)63-47(56)33-10-6-30(7-11-33)27(2)53/h20-24,28-36H,4-19,25H2,1-3H3. The van der Waals surface area contributed by atoms with Gasteiger partial charge in [-0.3, -0.25) is 38.4 Å². The summed E-state index contributed by atoms with van der Waals surface area (Å²) in [6.07, 6.45) is 8.13. The largest absolute Gasteiger partial charge is 0.461 e. The van der Waals surface area contributed by atoms with Crippen LogP contribution in [0, 0.1) is 47.3 Å². The normalized spacial score (nSPS) is 25.7. The molecule has 0 aliphatic heterocycles. The van der Waals surface area contributed by atoms with Gasteiger partial charge >= 0.3 is 35.8 Å². The van der Waals surface area contributed by atoms with Gasteiger partial charge in [0.1, 0.15) is 21.8 Å². The third kappa shape index (κ3) is 11.5. The second kappa shape index (κ2) is 21.6. The third-order valence-corrected chi connectivity index (χ3v) is 15.4. The van der Waals surface area contributed by atoms with Gasteiger partial charge in [0.2, 0.25) is 13.1 Å². The Bertz CT molecular complexity index is 2490. The number of rotatable bonds is 15. The van der Waals surface area contributed by atoms with Crippen molar-refractivity contribution in [3.63, 3.8) is 0 Å². The number of ketones is 2. The van der Waals surface area contributed by atoms with Gasteiger partial charge < -0.3 is 37.3 Å². The van der Waals surface area contributed by atoms with Gasteiger partial charge in [-0.05, 0) is 129 Å². The summed E-state index contributed by atoms with van der Waals surface area (Å²) in [5, 5.41) is 0.427. The molecule has 4 aliphatic rings. The molecule has 4 fully saturated rings. The van der Waals surface area contributed by atoms with Gasteiger partial charge in [-0.2, -0.15) is 0 Å². The zero-order chi connectivity index (χ0) is 48.1. The van der Waals surface area contributed by atoms with Crippen molar-refractivity contribution in [2.45, 2.75) is 130 Å². The summed E-state index contributed by atoms with van der Waals surface area (Å²) in [5.41, 5.74) is 1.31. The summed E-state index contributed by atoms with van der Waals surface area (Å²) in [5.74, 6) is -4.54. The quantitative estimate of drug-likeness (QED) is 0.0614. The van der Waals surface area contributed by atoms with Crippen molar-refractivity contribution in [1.82, 2.24) is 4.98 Å². The number of thiazole rings is 1. The Balaban J connectivity index is 0.836. The highest BCUT2D eigenvalue weighted by molar-refractivity contribution is 7.22. The van der Waals surface area contributed by atoms with E-state index in [1.165, 1.54) is 30.6 Å². The molecule has 1 atom stereocenters. The first-order valence-corrected chi connectivity index (χ1v) is 24.6. The molecule has 3 heterocycles. The fourth-order valence-electron chi connectivity index (χ4n) is 10.0. The third-order valence-electron chi connectivity index (χ3n) is 14.3. The van der Waals surface area contributed by atoms with Crippen LogP contribution in [0.5, 0.6) is 11.5 Å². The van der Waals surface area contributed by atoms with Crippen molar-refractivity contribution < 1.29 is 75.6 Å². The van der Waals surface area contributed by atoms with E-state index in [0.29, 0.717) is 129 Å². The lowest BCUT2D eigenvalue weighted by molar-refractivity contribution is -0.192. The topological polar surface area (TPSA) is 231 Å². The first-order valence-electron chi connectivity index (χ1n) is 23.8. The molecule has 1 aromatic carbocycles. The number of hydrogen-bond acceptors (Lipinski definition) is 18. The molecule has 364 valence electrons. The monoisotopic (exact) mass is 959 g/mol. The molecular weight excluding hydrogens is 903 g/mol. The number of benzene rings is 1. The summed E-state index contributed by atoms with van der Waals surface area (Å²) >= 11 is 1.19. The molecule has 18 heteroatoms. The minimum absolute atomic E-state index is 0.0214. The highest BCUT2D eigenvalue weighted by Gasteiger charge is 2.37. The molecule has 0 amide bonds. The molecule has 17 nitrogen and oxygen atoms in total. The van der Waals surface area contributed by atoms with Crippen LogP contribution >= 0.6 is 11.3 Å².